The number of nitrogens with zero attached hydrogens (tertiary/aromatic N) is 5. The lowest BCUT2D eigenvalue weighted by atomic mass is 10.1. The predicted molar refractivity (Wildman–Crippen MR) is 141 cm³/mol. The highest BCUT2D eigenvalue weighted by Gasteiger charge is 2.45. The van der Waals surface area contributed by atoms with Gasteiger partial charge in [-0.2, -0.15) is 16.8 Å². The predicted octanol–water partition coefficient (Wildman–Crippen LogP) is -1.33. The zero-order chi connectivity index (χ0) is 30.3. The molecule has 1 fully saturated rings. The standard InChI is InChI=1S/C20H27N7O3.2H2O4S/c1-26(9-5-8-21)10-13-15(28)16(29)20(30-13)27-18(12-6-3-2-4-7-12)25-14-17(22)23-11-24-19(14)27;2*1-5(2,3)4/h2-4,6-7,11,13,15-16,20,28-29H,5,8-10,21H2,1H3,(H2,22,23,24);2*(H2,1,2,3,4)/t13-,15-,16-,20-;;/m1../s1. The minimum Gasteiger partial charge on any atom is -0.387 e. The largest absolute Gasteiger partial charge is 0.394 e. The summed E-state index contributed by atoms with van der Waals surface area (Å²) in [5, 5.41) is 21.5. The first-order valence-corrected chi connectivity index (χ1v) is 14.1. The molecule has 3 heterocycles. The van der Waals surface area contributed by atoms with Crippen molar-refractivity contribution in [1.29, 1.82) is 0 Å². The number of anilines is 1. The van der Waals surface area contributed by atoms with Crippen LogP contribution in [-0.2, 0) is 25.5 Å². The van der Waals surface area contributed by atoms with Gasteiger partial charge in [-0.1, -0.05) is 30.3 Å². The lowest BCUT2D eigenvalue weighted by Crippen LogP contribution is -2.39. The van der Waals surface area contributed by atoms with Crippen LogP contribution >= 0.6 is 0 Å². The van der Waals surface area contributed by atoms with E-state index in [1.807, 2.05) is 42.3 Å². The molecule has 20 heteroatoms. The number of fused-ring (bicyclic) bond motifs is 1. The lowest BCUT2D eigenvalue weighted by Gasteiger charge is -2.22. The van der Waals surface area contributed by atoms with E-state index in [-0.39, 0.29) is 5.82 Å². The van der Waals surface area contributed by atoms with Crippen molar-refractivity contribution in [3.63, 3.8) is 0 Å². The van der Waals surface area contributed by atoms with Gasteiger partial charge in [0.1, 0.15) is 30.5 Å². The quantitative estimate of drug-likeness (QED) is 0.144. The third-order valence-electron chi connectivity index (χ3n) is 5.36. The number of ether oxygens (including phenoxy) is 1. The number of imidazole rings is 1. The van der Waals surface area contributed by atoms with E-state index in [0.717, 1.165) is 18.5 Å². The summed E-state index contributed by atoms with van der Waals surface area (Å²) < 4.78 is 71.0. The number of nitrogens with two attached hydrogens (primary N) is 2. The van der Waals surface area contributed by atoms with E-state index in [0.29, 0.717) is 30.1 Å². The Bertz CT molecular complexity index is 1410. The van der Waals surface area contributed by atoms with Gasteiger partial charge in [0.25, 0.3) is 0 Å². The van der Waals surface area contributed by atoms with Gasteiger partial charge in [0.2, 0.25) is 0 Å². The average molecular weight is 610 g/mol. The number of aliphatic hydroxyl groups is 2. The molecule has 0 saturated carbocycles. The highest BCUT2D eigenvalue weighted by Crippen LogP contribution is 2.36. The molecule has 2 aromatic heterocycles. The second-order valence-electron chi connectivity index (χ2n) is 8.45. The number of aliphatic hydroxyl groups excluding tert-OH is 2. The fraction of sp³-hybridized carbons (Fsp3) is 0.450. The number of hydrogen-bond acceptors (Lipinski definition) is 13. The van der Waals surface area contributed by atoms with Crippen molar-refractivity contribution in [2.24, 2.45) is 5.73 Å². The van der Waals surface area contributed by atoms with Gasteiger partial charge in [-0.25, -0.2) is 15.0 Å². The first-order valence-electron chi connectivity index (χ1n) is 11.3. The van der Waals surface area contributed by atoms with Crippen molar-refractivity contribution >= 4 is 37.8 Å². The van der Waals surface area contributed by atoms with Crippen molar-refractivity contribution in [1.82, 2.24) is 24.4 Å². The van der Waals surface area contributed by atoms with Crippen LogP contribution in [-0.4, -0.2) is 115 Å². The second kappa shape index (κ2) is 14.1. The number of benzene rings is 1. The van der Waals surface area contributed by atoms with E-state index >= 15 is 0 Å². The molecular formula is C20H31N7O11S2. The van der Waals surface area contributed by atoms with Crippen molar-refractivity contribution in [3.05, 3.63) is 36.7 Å². The Balaban J connectivity index is 0.000000482. The highest BCUT2D eigenvalue weighted by molar-refractivity contribution is 7.80. The van der Waals surface area contributed by atoms with Crippen LogP contribution in [0, 0.1) is 0 Å². The first-order chi connectivity index (χ1) is 18.5. The molecule has 10 N–H and O–H groups in total. The van der Waals surface area contributed by atoms with Crippen LogP contribution in [0.15, 0.2) is 36.7 Å². The molecule has 0 amide bonds. The number of rotatable bonds is 7. The van der Waals surface area contributed by atoms with Crippen molar-refractivity contribution in [2.75, 3.05) is 32.4 Å². The van der Waals surface area contributed by atoms with Crippen molar-refractivity contribution in [2.45, 2.75) is 31.0 Å². The monoisotopic (exact) mass is 609 g/mol. The van der Waals surface area contributed by atoms with E-state index in [2.05, 4.69) is 15.0 Å². The summed E-state index contributed by atoms with van der Waals surface area (Å²) >= 11 is 0. The first kappa shape index (κ1) is 33.3. The summed E-state index contributed by atoms with van der Waals surface area (Å²) in [6, 6.07) is 9.49. The van der Waals surface area contributed by atoms with Crippen LogP contribution in [0.1, 0.15) is 12.6 Å². The van der Waals surface area contributed by atoms with Crippen LogP contribution in [0.4, 0.5) is 5.82 Å². The van der Waals surface area contributed by atoms with Crippen LogP contribution in [0.3, 0.4) is 0 Å². The lowest BCUT2D eigenvalue weighted by molar-refractivity contribution is -0.0412. The molecule has 0 unspecified atom stereocenters. The van der Waals surface area contributed by atoms with Crippen LogP contribution in [0.2, 0.25) is 0 Å². The van der Waals surface area contributed by atoms with Gasteiger partial charge in [0.05, 0.1) is 0 Å². The minimum atomic E-state index is -4.67. The van der Waals surface area contributed by atoms with Gasteiger partial charge in [-0.3, -0.25) is 22.8 Å². The number of likely N-dealkylation sites (N-methyl/N-ethyl adjacent to an activating group) is 1. The Labute approximate surface area is 229 Å². The van der Waals surface area contributed by atoms with Gasteiger partial charge in [0.15, 0.2) is 23.2 Å². The minimum absolute atomic E-state index is 0.238. The highest BCUT2D eigenvalue weighted by atomic mass is 32.3. The summed E-state index contributed by atoms with van der Waals surface area (Å²) in [5.74, 6) is 0.772. The third-order valence-corrected chi connectivity index (χ3v) is 5.36. The van der Waals surface area contributed by atoms with E-state index in [9.17, 15) is 10.2 Å². The normalized spacial score (nSPS) is 21.0. The smallest absolute Gasteiger partial charge is 0.387 e. The van der Waals surface area contributed by atoms with Crippen LogP contribution in [0.25, 0.3) is 22.6 Å². The number of aromatic nitrogens is 4. The Morgan fingerprint density at radius 1 is 1.00 bits per heavy atom. The van der Waals surface area contributed by atoms with Crippen LogP contribution < -0.4 is 11.5 Å². The Morgan fingerprint density at radius 2 is 1.57 bits per heavy atom. The maximum atomic E-state index is 10.9. The van der Waals surface area contributed by atoms with Gasteiger partial charge in [-0.05, 0) is 26.6 Å². The molecule has 0 spiro atoms. The number of hydrogen-bond donors (Lipinski definition) is 8. The van der Waals surface area contributed by atoms with Gasteiger partial charge < -0.3 is 31.3 Å². The molecule has 3 aromatic rings. The molecule has 4 atom stereocenters. The maximum absolute atomic E-state index is 10.9. The SMILES string of the molecule is CN(CCCN)C[C@H]1O[C@@H](n2c(-c3ccccc3)nc3c(N)ncnc32)[C@H](O)[C@@H]1O.O=S(=O)(O)O.O=S(=O)(O)O. The Kier molecular flexibility index (Phi) is 11.8. The molecule has 224 valence electrons. The van der Waals surface area contributed by atoms with E-state index in [1.165, 1.54) is 6.33 Å². The molecule has 0 radical (unpaired) electrons. The molecule has 0 bridgehead atoms. The van der Waals surface area contributed by atoms with Gasteiger partial charge in [0, 0.05) is 12.1 Å². The summed E-state index contributed by atoms with van der Waals surface area (Å²) in [6.07, 6.45) is -1.48. The topological polar surface area (TPSA) is 298 Å². The average Bonchev–Trinajstić information content (AvgIpc) is 3.35. The second-order valence-corrected chi connectivity index (χ2v) is 10.2. The molecule has 1 aromatic carbocycles. The molecule has 18 nitrogen and oxygen atoms in total. The van der Waals surface area contributed by atoms with E-state index in [1.54, 1.807) is 4.57 Å². The molecule has 40 heavy (non-hydrogen) atoms. The summed E-state index contributed by atoms with van der Waals surface area (Å²) in [4.78, 5) is 15.0. The molecule has 4 rings (SSSR count). The zero-order valence-corrected chi connectivity index (χ0v) is 22.7. The fourth-order valence-electron chi connectivity index (χ4n) is 3.81. The summed E-state index contributed by atoms with van der Waals surface area (Å²) in [7, 11) is -7.40. The van der Waals surface area contributed by atoms with Crippen LogP contribution in [0.5, 0.6) is 0 Å². The summed E-state index contributed by atoms with van der Waals surface area (Å²) in [6.45, 7) is 1.82. The van der Waals surface area contributed by atoms with Crippen molar-refractivity contribution < 1.29 is 50.0 Å². The van der Waals surface area contributed by atoms with Crippen molar-refractivity contribution in [3.8, 4) is 11.4 Å². The summed E-state index contributed by atoms with van der Waals surface area (Å²) in [5.41, 5.74) is 13.3. The molecule has 1 saturated heterocycles. The number of nitrogen functional groups attached to an aromatic ring is 1. The van der Waals surface area contributed by atoms with E-state index < -0.39 is 45.3 Å². The zero-order valence-electron chi connectivity index (χ0n) is 21.0. The molecular weight excluding hydrogens is 578 g/mol. The molecule has 0 aliphatic carbocycles. The molecule has 1 aliphatic rings. The van der Waals surface area contributed by atoms with E-state index in [4.69, 9.17) is 51.3 Å². The maximum Gasteiger partial charge on any atom is 0.394 e. The Hall–Kier alpha value is -2.89. The van der Waals surface area contributed by atoms with Gasteiger partial charge in [-0.15, -0.1) is 0 Å². The van der Waals surface area contributed by atoms with Gasteiger partial charge >= 0.3 is 20.8 Å². The Morgan fingerprint density at radius 3 is 2.12 bits per heavy atom. The third kappa shape index (κ3) is 10.3. The molecule has 1 aliphatic heterocycles. The fourth-order valence-corrected chi connectivity index (χ4v) is 3.81.